The number of aryl methyl sites for hydroxylation is 1. The lowest BCUT2D eigenvalue weighted by Crippen LogP contribution is -2.31. The summed E-state index contributed by atoms with van der Waals surface area (Å²) in [5.74, 6) is -0.319. The van der Waals surface area contributed by atoms with Gasteiger partial charge in [-0.2, -0.15) is 5.10 Å². The summed E-state index contributed by atoms with van der Waals surface area (Å²) in [4.78, 5) is 22.1. The van der Waals surface area contributed by atoms with E-state index < -0.39 is 11.0 Å². The molecule has 118 valence electrons. The highest BCUT2D eigenvalue weighted by molar-refractivity contribution is 5.75. The van der Waals surface area contributed by atoms with Crippen LogP contribution in [0.5, 0.6) is 0 Å². The molecule has 0 spiro atoms. The first-order chi connectivity index (χ1) is 9.86. The summed E-state index contributed by atoms with van der Waals surface area (Å²) in [6.07, 6.45) is -0.262. The van der Waals surface area contributed by atoms with E-state index in [9.17, 15) is 20.0 Å². The standard InChI is InChI=1S/C12H20N4O5/c1-8-12(16(19)20)9(2)15(14-8)6-11(18)13-5-4-10(17)7-21-3/h10,17H,4-7H2,1-3H3,(H,13,18). The Labute approximate surface area is 122 Å². The molecule has 21 heavy (non-hydrogen) atoms. The average Bonchev–Trinajstić information content (AvgIpc) is 2.64. The number of nitrogens with one attached hydrogen (secondary N) is 1. The monoisotopic (exact) mass is 300 g/mol. The summed E-state index contributed by atoms with van der Waals surface area (Å²) in [7, 11) is 1.48. The number of hydrogen-bond donors (Lipinski definition) is 2. The minimum atomic E-state index is -0.634. The van der Waals surface area contributed by atoms with Gasteiger partial charge in [-0.25, -0.2) is 0 Å². The maximum atomic E-state index is 11.7. The van der Waals surface area contributed by atoms with Crippen LogP contribution >= 0.6 is 0 Å². The van der Waals surface area contributed by atoms with Gasteiger partial charge in [-0.1, -0.05) is 0 Å². The molecule has 0 aromatic carbocycles. The van der Waals surface area contributed by atoms with Gasteiger partial charge in [0.1, 0.15) is 17.9 Å². The molecule has 0 saturated carbocycles. The summed E-state index contributed by atoms with van der Waals surface area (Å²) in [5, 5.41) is 26.9. The Kier molecular flexibility index (Phi) is 6.25. The molecule has 1 heterocycles. The van der Waals surface area contributed by atoms with Crippen LogP contribution < -0.4 is 5.32 Å². The normalized spacial score (nSPS) is 12.2. The summed E-state index contributed by atoms with van der Waals surface area (Å²) in [6, 6.07) is 0. The predicted octanol–water partition coefficient (Wildman–Crippen LogP) is -0.0783. The molecule has 0 radical (unpaired) electrons. The Balaban J connectivity index is 2.52. The number of carbonyl (C=O) groups excluding carboxylic acids is 1. The highest BCUT2D eigenvalue weighted by Gasteiger charge is 2.22. The molecule has 0 aliphatic carbocycles. The lowest BCUT2D eigenvalue weighted by Gasteiger charge is -2.10. The number of nitro groups is 1. The van der Waals surface area contributed by atoms with Crippen LogP contribution in [0.3, 0.4) is 0 Å². The van der Waals surface area contributed by atoms with Crippen LogP contribution in [-0.4, -0.2) is 52.1 Å². The zero-order valence-corrected chi connectivity index (χ0v) is 12.3. The Hall–Kier alpha value is -2.00. The lowest BCUT2D eigenvalue weighted by molar-refractivity contribution is -0.386. The molecule has 1 amide bonds. The van der Waals surface area contributed by atoms with E-state index >= 15 is 0 Å². The van der Waals surface area contributed by atoms with E-state index in [0.29, 0.717) is 18.7 Å². The van der Waals surface area contributed by atoms with Crippen molar-refractivity contribution in [2.75, 3.05) is 20.3 Å². The van der Waals surface area contributed by atoms with E-state index in [1.807, 2.05) is 0 Å². The zero-order valence-electron chi connectivity index (χ0n) is 12.3. The Morgan fingerprint density at radius 1 is 1.57 bits per heavy atom. The molecule has 0 aliphatic heterocycles. The number of aromatic nitrogens is 2. The van der Waals surface area contributed by atoms with Crippen molar-refractivity contribution in [3.05, 3.63) is 21.5 Å². The summed E-state index contributed by atoms with van der Waals surface area (Å²) < 4.78 is 6.07. The topological polar surface area (TPSA) is 120 Å². The number of methoxy groups -OCH3 is 1. The van der Waals surface area contributed by atoms with Crippen molar-refractivity contribution in [2.45, 2.75) is 32.9 Å². The molecule has 0 aliphatic rings. The summed E-state index contributed by atoms with van der Waals surface area (Å²) in [6.45, 7) is 3.49. The van der Waals surface area contributed by atoms with E-state index in [1.165, 1.54) is 18.7 Å². The molecule has 1 aromatic heterocycles. The van der Waals surface area contributed by atoms with Crippen LogP contribution in [0.15, 0.2) is 0 Å². The van der Waals surface area contributed by atoms with Gasteiger partial charge in [-0.05, 0) is 20.3 Å². The molecular weight excluding hydrogens is 280 g/mol. The van der Waals surface area contributed by atoms with Crippen LogP contribution in [-0.2, 0) is 16.1 Å². The third-order valence-electron chi connectivity index (χ3n) is 2.98. The zero-order chi connectivity index (χ0) is 16.0. The first-order valence-electron chi connectivity index (χ1n) is 6.49. The SMILES string of the molecule is COCC(O)CCNC(=O)Cn1nc(C)c([N+](=O)[O-])c1C. The average molecular weight is 300 g/mol. The number of rotatable bonds is 8. The van der Waals surface area contributed by atoms with Gasteiger partial charge in [0.05, 0.1) is 17.6 Å². The number of hydrogen-bond acceptors (Lipinski definition) is 6. The van der Waals surface area contributed by atoms with Crippen molar-refractivity contribution in [1.82, 2.24) is 15.1 Å². The number of carbonyl (C=O) groups is 1. The van der Waals surface area contributed by atoms with Gasteiger partial charge in [0.2, 0.25) is 5.91 Å². The van der Waals surface area contributed by atoms with Gasteiger partial charge >= 0.3 is 5.69 Å². The Bertz CT molecular complexity index is 514. The quantitative estimate of drug-likeness (QED) is 0.512. The van der Waals surface area contributed by atoms with E-state index in [2.05, 4.69) is 10.4 Å². The van der Waals surface area contributed by atoms with Gasteiger partial charge in [-0.15, -0.1) is 0 Å². The first-order valence-corrected chi connectivity index (χ1v) is 6.49. The van der Waals surface area contributed by atoms with Gasteiger partial charge in [0.15, 0.2) is 0 Å². The van der Waals surface area contributed by atoms with E-state index in [1.54, 1.807) is 6.92 Å². The van der Waals surface area contributed by atoms with Crippen molar-refractivity contribution < 1.29 is 19.6 Å². The fourth-order valence-corrected chi connectivity index (χ4v) is 1.95. The van der Waals surface area contributed by atoms with Gasteiger partial charge < -0.3 is 15.2 Å². The molecule has 2 N–H and O–H groups in total. The molecule has 1 rings (SSSR count). The van der Waals surface area contributed by atoms with Crippen molar-refractivity contribution in [3.8, 4) is 0 Å². The van der Waals surface area contributed by atoms with Crippen molar-refractivity contribution in [1.29, 1.82) is 0 Å². The van der Waals surface area contributed by atoms with Crippen LogP contribution in [0.1, 0.15) is 17.8 Å². The van der Waals surface area contributed by atoms with Crippen molar-refractivity contribution >= 4 is 11.6 Å². The van der Waals surface area contributed by atoms with Crippen LogP contribution in [0.25, 0.3) is 0 Å². The van der Waals surface area contributed by atoms with Crippen LogP contribution in [0, 0.1) is 24.0 Å². The molecule has 9 heteroatoms. The molecule has 1 aromatic rings. The Morgan fingerprint density at radius 2 is 2.24 bits per heavy atom. The predicted molar refractivity (Wildman–Crippen MR) is 73.9 cm³/mol. The molecular formula is C12H20N4O5. The van der Waals surface area contributed by atoms with Crippen molar-refractivity contribution in [3.63, 3.8) is 0 Å². The summed E-state index contributed by atoms with van der Waals surface area (Å²) >= 11 is 0. The second-order valence-electron chi connectivity index (χ2n) is 4.68. The highest BCUT2D eigenvalue weighted by Crippen LogP contribution is 2.21. The molecule has 1 unspecified atom stereocenters. The smallest absolute Gasteiger partial charge is 0.312 e. The highest BCUT2D eigenvalue weighted by atomic mass is 16.6. The van der Waals surface area contributed by atoms with E-state index in [-0.39, 0.29) is 30.4 Å². The minimum Gasteiger partial charge on any atom is -0.391 e. The van der Waals surface area contributed by atoms with E-state index in [0.717, 1.165) is 0 Å². The van der Waals surface area contributed by atoms with Crippen molar-refractivity contribution in [2.24, 2.45) is 0 Å². The number of nitrogens with zero attached hydrogens (tertiary/aromatic N) is 3. The maximum Gasteiger partial charge on any atom is 0.312 e. The second kappa shape index (κ2) is 7.70. The van der Waals surface area contributed by atoms with Crippen LogP contribution in [0.2, 0.25) is 0 Å². The van der Waals surface area contributed by atoms with Gasteiger partial charge in [0, 0.05) is 13.7 Å². The maximum absolute atomic E-state index is 11.7. The largest absolute Gasteiger partial charge is 0.391 e. The molecule has 9 nitrogen and oxygen atoms in total. The second-order valence-corrected chi connectivity index (χ2v) is 4.68. The number of ether oxygens (including phenoxy) is 1. The van der Waals surface area contributed by atoms with Gasteiger partial charge in [-0.3, -0.25) is 19.6 Å². The molecule has 1 atom stereocenters. The van der Waals surface area contributed by atoms with Gasteiger partial charge in [0.25, 0.3) is 0 Å². The van der Waals surface area contributed by atoms with Crippen LogP contribution in [0.4, 0.5) is 5.69 Å². The summed E-state index contributed by atoms with van der Waals surface area (Å²) in [5.41, 5.74) is 0.547. The number of aliphatic hydroxyl groups excluding tert-OH is 1. The molecule has 0 fully saturated rings. The first kappa shape index (κ1) is 17.1. The fraction of sp³-hybridized carbons (Fsp3) is 0.667. The third kappa shape index (κ3) is 4.80. The lowest BCUT2D eigenvalue weighted by atomic mass is 10.2. The Morgan fingerprint density at radius 3 is 2.76 bits per heavy atom. The third-order valence-corrected chi connectivity index (χ3v) is 2.98. The molecule has 0 saturated heterocycles. The number of aliphatic hydroxyl groups is 1. The molecule has 0 bridgehead atoms. The number of amides is 1. The fourth-order valence-electron chi connectivity index (χ4n) is 1.95. The van der Waals surface area contributed by atoms with E-state index in [4.69, 9.17) is 4.74 Å². The minimum absolute atomic E-state index is 0.0710.